The van der Waals surface area contributed by atoms with Crippen molar-refractivity contribution in [3.05, 3.63) is 109 Å². The van der Waals surface area contributed by atoms with E-state index in [2.05, 4.69) is 43.4 Å². The largest absolute Gasteiger partial charge is 0.514 e. The predicted molar refractivity (Wildman–Crippen MR) is 451 cm³/mol. The van der Waals surface area contributed by atoms with E-state index in [4.69, 9.17) is 56.8 Å². The van der Waals surface area contributed by atoms with Crippen LogP contribution in [0.5, 0.6) is 17.2 Å². The summed E-state index contributed by atoms with van der Waals surface area (Å²) < 4.78 is 71.7. The molecule has 1 aliphatic rings. The number of hydrogen-bond donors (Lipinski definition) is 0. The monoisotopic (exact) mass is 1690 g/mol. The number of aryl methyl sites for hydroxylation is 3. The lowest BCUT2D eigenvalue weighted by molar-refractivity contribution is -0.187. The van der Waals surface area contributed by atoms with Crippen molar-refractivity contribution in [2.24, 2.45) is 11.3 Å². The first-order valence-corrected chi connectivity index (χ1v) is 40.8. The third-order valence-corrected chi connectivity index (χ3v) is 18.9. The average Bonchev–Trinajstić information content (AvgIpc) is 0.789. The molecule has 0 spiro atoms. The van der Waals surface area contributed by atoms with Gasteiger partial charge in [0.1, 0.15) is 71.8 Å². The second kappa shape index (κ2) is 37.1. The van der Waals surface area contributed by atoms with Gasteiger partial charge in [-0.15, -0.1) is 0 Å². The van der Waals surface area contributed by atoms with Crippen molar-refractivity contribution in [2.75, 3.05) is 26.4 Å². The molecular formula is C92H139IO20. The molecule has 3 aromatic rings. The molecule has 0 amide bonds. The van der Waals surface area contributed by atoms with Gasteiger partial charge < -0.3 is 56.8 Å². The molecule has 4 rings (SSSR count). The highest BCUT2D eigenvalue weighted by Crippen LogP contribution is 2.49. The van der Waals surface area contributed by atoms with Gasteiger partial charge in [-0.25, -0.2) is 19.2 Å². The SMILES string of the molecule is CC(C)(C)OC(=O)OC1=C(C(C)(C)I)C=C(CCC(=O)OCC(COC(=O)CCc2cc(C(C)(C)C)c(OC(=O)OC(C)(C)C)c(C(C)(C)C)c2)(COC(=O)CCc2cc(C(C)(C)C)c(OC(=O)OC(C)(C)C)c(C(C)(C)C)c2)OCC(=O)CCc2cc(C(C)(C)C)c(OC(=O)OC(C)(C)C)c(C(C)(C)C)c2)CC1C(C)(C)C. The molecule has 0 aromatic heterocycles. The maximum atomic E-state index is 14.8. The van der Waals surface area contributed by atoms with E-state index in [-0.39, 0.29) is 57.3 Å². The average molecular weight is 1690 g/mol. The van der Waals surface area contributed by atoms with E-state index in [1.54, 1.807) is 83.1 Å². The van der Waals surface area contributed by atoms with Gasteiger partial charge in [0.2, 0.25) is 0 Å². The highest BCUT2D eigenvalue weighted by atomic mass is 127. The maximum absolute atomic E-state index is 14.8. The molecule has 0 N–H and O–H groups in total. The number of ether oxygens (including phenoxy) is 12. The molecule has 1 unspecified atom stereocenters. The molecule has 1 aliphatic carbocycles. The Balaban J connectivity index is 1.93. The predicted octanol–water partition coefficient (Wildman–Crippen LogP) is 22.8. The molecule has 20 nitrogen and oxygen atoms in total. The van der Waals surface area contributed by atoms with Crippen molar-refractivity contribution in [2.45, 2.75) is 364 Å². The number of halogens is 1. The van der Waals surface area contributed by atoms with E-state index in [1.807, 2.05) is 181 Å². The number of rotatable bonds is 26. The molecular weight excluding hydrogens is 1550 g/mol. The highest BCUT2D eigenvalue weighted by Gasteiger charge is 2.43. The summed E-state index contributed by atoms with van der Waals surface area (Å²) in [6.07, 6.45) is -0.814. The van der Waals surface area contributed by atoms with Crippen LogP contribution in [0.2, 0.25) is 0 Å². The van der Waals surface area contributed by atoms with E-state index < -0.39 is 144 Å². The van der Waals surface area contributed by atoms with E-state index in [9.17, 15) is 38.4 Å². The van der Waals surface area contributed by atoms with Crippen LogP contribution in [-0.2, 0) is 114 Å². The third-order valence-electron chi connectivity index (χ3n) is 18.3. The molecule has 634 valence electrons. The van der Waals surface area contributed by atoms with Crippen molar-refractivity contribution >= 4 is 70.9 Å². The normalized spacial score (nSPS) is 14.7. The lowest BCUT2D eigenvalue weighted by Gasteiger charge is -2.39. The first-order chi connectivity index (χ1) is 50.8. The summed E-state index contributed by atoms with van der Waals surface area (Å²) in [7, 11) is 0. The van der Waals surface area contributed by atoms with Crippen molar-refractivity contribution in [1.29, 1.82) is 0 Å². The third kappa shape index (κ3) is 32.5. The summed E-state index contributed by atoms with van der Waals surface area (Å²) in [4.78, 5) is 112. The summed E-state index contributed by atoms with van der Waals surface area (Å²) in [5.41, 5.74) is -0.899. The second-order valence-corrected chi connectivity index (χ2v) is 44.7. The van der Waals surface area contributed by atoms with Crippen molar-refractivity contribution in [3.8, 4) is 17.2 Å². The number of alkyl halides is 1. The Hall–Kier alpha value is -7.01. The summed E-state index contributed by atoms with van der Waals surface area (Å²) in [6.45, 7) is 64.7. The molecule has 21 heteroatoms. The van der Waals surface area contributed by atoms with Crippen LogP contribution in [0.15, 0.2) is 59.4 Å². The molecule has 113 heavy (non-hydrogen) atoms. The second-order valence-electron chi connectivity index (χ2n) is 42.0. The Morgan fingerprint density at radius 2 is 0.611 bits per heavy atom. The molecule has 0 saturated heterocycles. The number of carbonyl (C=O) groups excluding carboxylic acids is 8. The van der Waals surface area contributed by atoms with Crippen molar-refractivity contribution in [1.82, 2.24) is 0 Å². The number of esters is 3. The zero-order valence-electron chi connectivity index (χ0n) is 75.4. The van der Waals surface area contributed by atoms with Gasteiger partial charge in [-0.05, 0) is 184 Å². The Bertz CT molecular complexity index is 3550. The van der Waals surface area contributed by atoms with Gasteiger partial charge in [0.15, 0.2) is 11.4 Å². The van der Waals surface area contributed by atoms with Crippen LogP contribution in [0.1, 0.15) is 331 Å². The summed E-state index contributed by atoms with van der Waals surface area (Å²) in [6, 6.07) is 11.5. The molecule has 0 radical (unpaired) electrons. The first-order valence-electron chi connectivity index (χ1n) is 39.7. The lowest BCUT2D eigenvalue weighted by Crippen LogP contribution is -2.49. The van der Waals surface area contributed by atoms with E-state index in [1.165, 1.54) is 0 Å². The van der Waals surface area contributed by atoms with Crippen molar-refractivity contribution < 1.29 is 95.2 Å². The first kappa shape index (κ1) is 98.4. The highest BCUT2D eigenvalue weighted by molar-refractivity contribution is 14.1. The summed E-state index contributed by atoms with van der Waals surface area (Å²) in [5, 5.41) is 0. The van der Waals surface area contributed by atoms with E-state index in [0.29, 0.717) is 51.7 Å². The van der Waals surface area contributed by atoms with Crippen LogP contribution in [0, 0.1) is 11.3 Å². The fraction of sp³-hybridized carbons (Fsp3) is 0.674. The minimum absolute atomic E-state index is 0.0715. The number of Topliss-reactive ketones (excluding diaryl/α,β-unsaturated/α-hetero) is 1. The summed E-state index contributed by atoms with van der Waals surface area (Å²) >= 11 is 2.31. The number of carbonyl (C=O) groups is 8. The molecule has 0 fully saturated rings. The van der Waals surface area contributed by atoms with E-state index >= 15 is 0 Å². The Labute approximate surface area is 690 Å². The fourth-order valence-corrected chi connectivity index (χ4v) is 12.8. The van der Waals surface area contributed by atoms with Crippen LogP contribution >= 0.6 is 22.6 Å². The standard InChI is InChI=1S/C92H139IO20/c1-80(2,3)61-44-56(45-62(81(4,5)6)72(61)106-76(98)110-87(22,23)24)36-40-60(94)52-105-92(53-102-69(95)41-37-57-46-63(82(7,8)9)73(64(47-57)83(10,11)12)107-77(99)111-88(25,26)27,54-103-70(96)42-38-58-48-65(84(13,14)15)74(66(49-58)85(16,17)18)108-78(100)112-89(28,29)30)55-104-71(97)43-39-59-50-67(86(19,20)21)75(68(51-59)91(34,35)93)109-79(101)113-90(31,32)33/h44-49,51,67H,36-43,50,52-55H2,1-35H3. The number of allylic oxidation sites excluding steroid dienone is 4. The zero-order chi connectivity index (χ0) is 87.0. The Morgan fingerprint density at radius 3 is 0.858 bits per heavy atom. The molecule has 0 saturated carbocycles. The number of benzene rings is 3. The van der Waals surface area contributed by atoms with Gasteiger partial charge in [0, 0.05) is 74.0 Å². The van der Waals surface area contributed by atoms with E-state index in [0.717, 1.165) is 39.0 Å². The van der Waals surface area contributed by atoms with Gasteiger partial charge in [-0.1, -0.05) is 216 Å². The van der Waals surface area contributed by atoms with Gasteiger partial charge >= 0.3 is 42.5 Å². The lowest BCUT2D eigenvalue weighted by atomic mass is 9.71. The van der Waals surface area contributed by atoms with Crippen LogP contribution in [0.3, 0.4) is 0 Å². The van der Waals surface area contributed by atoms with Crippen LogP contribution in [-0.4, -0.2) is 106 Å². The smallest absolute Gasteiger partial charge is 0.462 e. The molecule has 0 aliphatic heterocycles. The topological polar surface area (TPSA) is 247 Å². The zero-order valence-corrected chi connectivity index (χ0v) is 77.5. The van der Waals surface area contributed by atoms with Gasteiger partial charge in [0.05, 0.1) is 0 Å². The van der Waals surface area contributed by atoms with Crippen molar-refractivity contribution in [3.63, 3.8) is 0 Å². The Kier molecular flexibility index (Phi) is 32.3. The van der Waals surface area contributed by atoms with Crippen LogP contribution < -0.4 is 14.2 Å². The molecule has 1 atom stereocenters. The molecule has 0 bridgehead atoms. The van der Waals surface area contributed by atoms with Crippen LogP contribution in [0.25, 0.3) is 0 Å². The molecule has 3 aromatic carbocycles. The minimum atomic E-state index is -2.01. The van der Waals surface area contributed by atoms with Gasteiger partial charge in [-0.2, -0.15) is 0 Å². The number of ketones is 1. The quantitative estimate of drug-likeness (QED) is 0.0238. The molecule has 0 heterocycles. The number of hydrogen-bond acceptors (Lipinski definition) is 20. The Morgan fingerprint density at radius 1 is 0.354 bits per heavy atom. The van der Waals surface area contributed by atoms with Crippen LogP contribution in [0.4, 0.5) is 19.2 Å². The summed E-state index contributed by atoms with van der Waals surface area (Å²) in [5.74, 6) is -1.21. The van der Waals surface area contributed by atoms with Gasteiger partial charge in [0.25, 0.3) is 0 Å². The minimum Gasteiger partial charge on any atom is -0.462 e. The van der Waals surface area contributed by atoms with Gasteiger partial charge in [-0.3, -0.25) is 19.2 Å². The fourth-order valence-electron chi connectivity index (χ4n) is 12.4. The maximum Gasteiger partial charge on any atom is 0.514 e.